The Hall–Kier alpha value is -0.610. The third kappa shape index (κ3) is 3.27. The summed E-state index contributed by atoms with van der Waals surface area (Å²) in [7, 11) is 0. The lowest BCUT2D eigenvalue weighted by Gasteiger charge is -2.07. The summed E-state index contributed by atoms with van der Waals surface area (Å²) in [5.74, 6) is 0.416. The second-order valence-electron chi connectivity index (χ2n) is 2.73. The van der Waals surface area contributed by atoms with Gasteiger partial charge in [0, 0.05) is 6.20 Å². The van der Waals surface area contributed by atoms with Gasteiger partial charge in [-0.3, -0.25) is 4.79 Å². The van der Waals surface area contributed by atoms with Gasteiger partial charge >= 0.3 is 0 Å². The molecular weight excluding hydrogens is 267 g/mol. The van der Waals surface area contributed by atoms with Crippen LogP contribution in [-0.2, 0) is 4.79 Å². The number of hydrogen-bond donors (Lipinski definition) is 1. The highest BCUT2D eigenvalue weighted by Gasteiger charge is 2.12. The van der Waals surface area contributed by atoms with E-state index in [0.29, 0.717) is 10.8 Å². The smallest absolute Gasteiger partial charge is 0.239 e. The van der Waals surface area contributed by atoms with Gasteiger partial charge in [0.2, 0.25) is 5.91 Å². The molecule has 1 aromatic heterocycles. The molecule has 0 saturated heterocycles. The molecule has 0 fully saturated rings. The van der Waals surface area contributed by atoms with Gasteiger partial charge in [-0.15, -0.1) is 0 Å². The van der Waals surface area contributed by atoms with Gasteiger partial charge in [-0.2, -0.15) is 0 Å². The lowest BCUT2D eigenvalue weighted by atomic mass is 10.3. The van der Waals surface area contributed by atoms with E-state index in [1.54, 1.807) is 12.1 Å². The molecule has 0 saturated carbocycles. The van der Waals surface area contributed by atoms with E-state index in [1.807, 2.05) is 6.92 Å². The Morgan fingerprint density at radius 2 is 2.43 bits per heavy atom. The molecule has 14 heavy (non-hydrogen) atoms. The Kier molecular flexibility index (Phi) is 4.35. The Morgan fingerprint density at radius 3 is 2.93 bits per heavy atom. The van der Waals surface area contributed by atoms with Crippen molar-refractivity contribution in [2.45, 2.75) is 18.2 Å². The van der Waals surface area contributed by atoms with Crippen molar-refractivity contribution in [2.75, 3.05) is 5.32 Å². The number of alkyl halides is 1. The number of nitrogens with zero attached hydrogens (tertiary/aromatic N) is 1. The summed E-state index contributed by atoms with van der Waals surface area (Å²) >= 11 is 8.90. The number of rotatable bonds is 3. The number of anilines is 1. The fraction of sp³-hybridized carbons (Fsp3) is 0.333. The van der Waals surface area contributed by atoms with Gasteiger partial charge in [-0.25, -0.2) is 4.98 Å². The topological polar surface area (TPSA) is 42.0 Å². The van der Waals surface area contributed by atoms with Gasteiger partial charge in [-0.1, -0.05) is 34.5 Å². The predicted molar refractivity (Wildman–Crippen MR) is 60.9 cm³/mol. The number of aromatic nitrogens is 1. The SMILES string of the molecule is CCC(Br)C(=O)Nc1ccc(Cl)cn1. The number of halogens is 2. The largest absolute Gasteiger partial charge is 0.310 e. The highest BCUT2D eigenvalue weighted by molar-refractivity contribution is 9.10. The van der Waals surface area contributed by atoms with E-state index < -0.39 is 0 Å². The van der Waals surface area contributed by atoms with Crippen molar-refractivity contribution < 1.29 is 4.79 Å². The Bertz CT molecular complexity index is 315. The fourth-order valence-corrected chi connectivity index (χ4v) is 1.07. The summed E-state index contributed by atoms with van der Waals surface area (Å²) in [5, 5.41) is 3.21. The van der Waals surface area contributed by atoms with Crippen LogP contribution in [0.5, 0.6) is 0 Å². The minimum absolute atomic E-state index is 0.0951. The van der Waals surface area contributed by atoms with Gasteiger partial charge in [0.05, 0.1) is 9.85 Å². The van der Waals surface area contributed by atoms with Crippen LogP contribution in [0, 0.1) is 0 Å². The van der Waals surface area contributed by atoms with E-state index in [2.05, 4.69) is 26.2 Å². The summed E-state index contributed by atoms with van der Waals surface area (Å²) in [6.07, 6.45) is 2.23. The molecule has 0 spiro atoms. The van der Waals surface area contributed by atoms with Crippen LogP contribution < -0.4 is 5.32 Å². The van der Waals surface area contributed by atoms with Crippen molar-refractivity contribution in [3.8, 4) is 0 Å². The van der Waals surface area contributed by atoms with Crippen LogP contribution in [0.2, 0.25) is 5.02 Å². The molecule has 0 aliphatic carbocycles. The minimum atomic E-state index is -0.181. The number of pyridine rings is 1. The highest BCUT2D eigenvalue weighted by Crippen LogP contribution is 2.12. The number of hydrogen-bond acceptors (Lipinski definition) is 2. The van der Waals surface area contributed by atoms with E-state index >= 15 is 0 Å². The number of nitrogens with one attached hydrogen (secondary N) is 1. The number of carbonyl (C=O) groups is 1. The van der Waals surface area contributed by atoms with Crippen molar-refractivity contribution in [2.24, 2.45) is 0 Å². The molecule has 1 unspecified atom stereocenters. The Balaban J connectivity index is 2.60. The van der Waals surface area contributed by atoms with E-state index in [9.17, 15) is 4.79 Å². The van der Waals surface area contributed by atoms with Crippen LogP contribution in [0.1, 0.15) is 13.3 Å². The second kappa shape index (κ2) is 5.32. The third-order valence-corrected chi connectivity index (χ3v) is 2.91. The Labute approximate surface area is 96.0 Å². The minimum Gasteiger partial charge on any atom is -0.310 e. The van der Waals surface area contributed by atoms with Gasteiger partial charge in [0.1, 0.15) is 5.82 Å². The molecule has 1 amide bonds. The lowest BCUT2D eigenvalue weighted by Crippen LogP contribution is -2.22. The van der Waals surface area contributed by atoms with Crippen molar-refractivity contribution in [1.29, 1.82) is 0 Å². The van der Waals surface area contributed by atoms with Crippen LogP contribution in [0.25, 0.3) is 0 Å². The fourth-order valence-electron chi connectivity index (χ4n) is 0.840. The highest BCUT2D eigenvalue weighted by atomic mass is 79.9. The first-order valence-corrected chi connectivity index (χ1v) is 5.49. The molecule has 1 aromatic rings. The van der Waals surface area contributed by atoms with Crippen molar-refractivity contribution in [3.63, 3.8) is 0 Å². The molecule has 1 atom stereocenters. The molecule has 0 bridgehead atoms. The zero-order valence-electron chi connectivity index (χ0n) is 7.63. The zero-order valence-corrected chi connectivity index (χ0v) is 9.97. The molecular formula is C9H10BrClN2O. The number of carbonyl (C=O) groups excluding carboxylic acids is 1. The van der Waals surface area contributed by atoms with Crippen molar-refractivity contribution in [3.05, 3.63) is 23.4 Å². The van der Waals surface area contributed by atoms with Crippen LogP contribution in [0.4, 0.5) is 5.82 Å². The van der Waals surface area contributed by atoms with Gasteiger partial charge in [-0.05, 0) is 18.6 Å². The van der Waals surface area contributed by atoms with Crippen LogP contribution in [0.3, 0.4) is 0 Å². The zero-order chi connectivity index (χ0) is 10.6. The summed E-state index contributed by atoms with van der Waals surface area (Å²) in [6.45, 7) is 1.92. The van der Waals surface area contributed by atoms with Gasteiger partial charge < -0.3 is 5.32 Å². The maximum absolute atomic E-state index is 11.4. The van der Waals surface area contributed by atoms with Gasteiger partial charge in [0.15, 0.2) is 0 Å². The molecule has 0 aromatic carbocycles. The maximum Gasteiger partial charge on any atom is 0.239 e. The molecule has 1 N–H and O–H groups in total. The predicted octanol–water partition coefficient (Wildman–Crippen LogP) is 2.85. The number of amides is 1. The van der Waals surface area contributed by atoms with Gasteiger partial charge in [0.25, 0.3) is 0 Å². The van der Waals surface area contributed by atoms with E-state index in [4.69, 9.17) is 11.6 Å². The third-order valence-electron chi connectivity index (χ3n) is 1.62. The molecule has 76 valence electrons. The summed E-state index contributed by atoms with van der Waals surface area (Å²) in [4.78, 5) is 15.2. The second-order valence-corrected chi connectivity index (χ2v) is 4.27. The average Bonchev–Trinajstić information content (AvgIpc) is 2.20. The van der Waals surface area contributed by atoms with Crippen LogP contribution in [-0.4, -0.2) is 15.7 Å². The molecule has 0 aliphatic rings. The monoisotopic (exact) mass is 276 g/mol. The molecule has 1 rings (SSSR count). The lowest BCUT2D eigenvalue weighted by molar-refractivity contribution is -0.115. The Morgan fingerprint density at radius 1 is 1.71 bits per heavy atom. The molecule has 1 heterocycles. The van der Waals surface area contributed by atoms with E-state index in [-0.39, 0.29) is 10.7 Å². The average molecular weight is 278 g/mol. The van der Waals surface area contributed by atoms with Crippen LogP contribution in [0.15, 0.2) is 18.3 Å². The molecule has 0 aliphatic heterocycles. The first kappa shape index (κ1) is 11.5. The first-order chi connectivity index (χ1) is 6.63. The molecule has 5 heteroatoms. The summed E-state index contributed by atoms with van der Waals surface area (Å²) in [5.41, 5.74) is 0. The first-order valence-electron chi connectivity index (χ1n) is 4.20. The van der Waals surface area contributed by atoms with Crippen LogP contribution >= 0.6 is 27.5 Å². The van der Waals surface area contributed by atoms with Crippen molar-refractivity contribution >= 4 is 39.3 Å². The maximum atomic E-state index is 11.4. The quantitative estimate of drug-likeness (QED) is 0.863. The normalized spacial score (nSPS) is 12.2. The standard InChI is InChI=1S/C9H10BrClN2O/c1-2-7(10)9(14)13-8-4-3-6(11)5-12-8/h3-5,7H,2H2,1H3,(H,12,13,14). The molecule has 0 radical (unpaired) electrons. The van der Waals surface area contributed by atoms with E-state index in [1.165, 1.54) is 6.20 Å². The summed E-state index contributed by atoms with van der Waals surface area (Å²) < 4.78 is 0. The molecule has 3 nitrogen and oxygen atoms in total. The van der Waals surface area contributed by atoms with Crippen molar-refractivity contribution in [1.82, 2.24) is 4.98 Å². The summed E-state index contributed by atoms with van der Waals surface area (Å²) in [6, 6.07) is 3.34. The van der Waals surface area contributed by atoms with E-state index in [0.717, 1.165) is 6.42 Å².